The van der Waals surface area contributed by atoms with E-state index in [2.05, 4.69) is 26.8 Å². The lowest BCUT2D eigenvalue weighted by molar-refractivity contribution is -0.132. The molecule has 5 nitrogen and oxygen atoms in total. The van der Waals surface area contributed by atoms with Gasteiger partial charge in [-0.3, -0.25) is 4.79 Å². The van der Waals surface area contributed by atoms with Crippen molar-refractivity contribution >= 4 is 22.5 Å². The maximum absolute atomic E-state index is 12.6. The molecular formula is C21H28N4O. The number of aromatic nitrogens is 3. The van der Waals surface area contributed by atoms with Crippen molar-refractivity contribution in [3.8, 4) is 0 Å². The van der Waals surface area contributed by atoms with Gasteiger partial charge < -0.3 is 4.90 Å². The molecule has 3 aromatic rings. The first-order valence-corrected chi connectivity index (χ1v) is 9.47. The molecule has 0 spiro atoms. The molecule has 0 atom stereocenters. The second-order valence-electron chi connectivity index (χ2n) is 6.99. The fourth-order valence-electron chi connectivity index (χ4n) is 3.79. The summed E-state index contributed by atoms with van der Waals surface area (Å²) in [5.41, 5.74) is 5.01. The summed E-state index contributed by atoms with van der Waals surface area (Å²) in [5, 5.41) is 5.76. The van der Waals surface area contributed by atoms with Crippen molar-refractivity contribution in [2.24, 2.45) is 0 Å². The van der Waals surface area contributed by atoms with E-state index in [1.54, 1.807) is 0 Å². The Morgan fingerprint density at radius 1 is 1.19 bits per heavy atom. The minimum atomic E-state index is 0.197. The Hall–Kier alpha value is -2.43. The van der Waals surface area contributed by atoms with Crippen LogP contribution in [-0.4, -0.2) is 38.5 Å². The van der Waals surface area contributed by atoms with Gasteiger partial charge in [-0.25, -0.2) is 9.50 Å². The van der Waals surface area contributed by atoms with Gasteiger partial charge in [0.15, 0.2) is 5.65 Å². The number of hydrogen-bond acceptors (Lipinski definition) is 3. The molecule has 0 bridgehead atoms. The van der Waals surface area contributed by atoms with Crippen LogP contribution in [0, 0.1) is 13.8 Å². The zero-order valence-corrected chi connectivity index (χ0v) is 16.4. The number of rotatable bonds is 6. The van der Waals surface area contributed by atoms with Crippen molar-refractivity contribution in [1.82, 2.24) is 19.5 Å². The molecular weight excluding hydrogens is 324 g/mol. The summed E-state index contributed by atoms with van der Waals surface area (Å²) < 4.78 is 1.92. The van der Waals surface area contributed by atoms with Crippen LogP contribution in [0.15, 0.2) is 24.3 Å². The molecule has 138 valence electrons. The van der Waals surface area contributed by atoms with Gasteiger partial charge in [0.2, 0.25) is 5.91 Å². The average molecular weight is 352 g/mol. The van der Waals surface area contributed by atoms with Gasteiger partial charge in [-0.05, 0) is 50.8 Å². The number of carbonyl (C=O) groups is 1. The first-order valence-electron chi connectivity index (χ1n) is 9.47. The summed E-state index contributed by atoms with van der Waals surface area (Å²) in [7, 11) is 1.92. The fourth-order valence-corrected chi connectivity index (χ4v) is 3.79. The lowest BCUT2D eigenvalue weighted by Crippen LogP contribution is -2.36. The van der Waals surface area contributed by atoms with Crippen molar-refractivity contribution in [2.75, 3.05) is 7.05 Å². The molecule has 1 amide bonds. The lowest BCUT2D eigenvalue weighted by atomic mass is 10.0. The number of carbonyl (C=O) groups excluding carboxylic acids is 1. The number of nitrogens with zero attached hydrogens (tertiary/aromatic N) is 4. The van der Waals surface area contributed by atoms with Crippen LogP contribution in [0.1, 0.15) is 50.1 Å². The molecule has 0 aliphatic heterocycles. The molecule has 0 aliphatic rings. The van der Waals surface area contributed by atoms with E-state index in [0.717, 1.165) is 46.3 Å². The Kier molecular flexibility index (Phi) is 5.25. The predicted molar refractivity (Wildman–Crippen MR) is 105 cm³/mol. The molecule has 0 fully saturated rings. The van der Waals surface area contributed by atoms with E-state index < -0.39 is 0 Å². The molecule has 0 N–H and O–H groups in total. The molecule has 2 aromatic heterocycles. The summed E-state index contributed by atoms with van der Waals surface area (Å²) in [5.74, 6) is 0.197. The van der Waals surface area contributed by atoms with Crippen LogP contribution in [0.3, 0.4) is 0 Å². The predicted octanol–water partition coefficient (Wildman–Crippen LogP) is 4.08. The van der Waals surface area contributed by atoms with E-state index >= 15 is 0 Å². The largest absolute Gasteiger partial charge is 0.343 e. The molecule has 0 radical (unpaired) electrons. The van der Waals surface area contributed by atoms with Gasteiger partial charge in [0.1, 0.15) is 0 Å². The zero-order chi connectivity index (χ0) is 18.8. The van der Waals surface area contributed by atoms with Crippen molar-refractivity contribution in [3.63, 3.8) is 0 Å². The standard InChI is InChI=1S/C21H28N4O/c1-6-16(7-2)24(5)20(26)13-12-17-14(3)22-21-18-10-8-9-11-19(18)23-25(21)15(17)4/h8-11,16H,6-7,12-13H2,1-5H3. The van der Waals surface area contributed by atoms with Crippen LogP contribution >= 0.6 is 0 Å². The van der Waals surface area contributed by atoms with Crippen LogP contribution in [0.2, 0.25) is 0 Å². The highest BCUT2D eigenvalue weighted by atomic mass is 16.2. The third-order valence-corrected chi connectivity index (χ3v) is 5.49. The van der Waals surface area contributed by atoms with E-state index in [9.17, 15) is 4.79 Å². The maximum atomic E-state index is 12.6. The highest BCUT2D eigenvalue weighted by Crippen LogP contribution is 2.23. The molecule has 0 unspecified atom stereocenters. The number of aryl methyl sites for hydroxylation is 2. The van der Waals surface area contributed by atoms with E-state index in [0.29, 0.717) is 18.9 Å². The zero-order valence-electron chi connectivity index (χ0n) is 16.4. The minimum Gasteiger partial charge on any atom is -0.343 e. The second kappa shape index (κ2) is 7.44. The quantitative estimate of drug-likeness (QED) is 0.672. The van der Waals surface area contributed by atoms with Gasteiger partial charge in [-0.2, -0.15) is 5.10 Å². The third-order valence-electron chi connectivity index (χ3n) is 5.49. The van der Waals surface area contributed by atoms with Crippen molar-refractivity contribution in [2.45, 2.75) is 59.4 Å². The van der Waals surface area contributed by atoms with Crippen molar-refractivity contribution < 1.29 is 4.79 Å². The Balaban J connectivity index is 1.89. The first-order chi connectivity index (χ1) is 12.5. The molecule has 0 saturated heterocycles. The van der Waals surface area contributed by atoms with Gasteiger partial charge in [0.05, 0.1) is 5.52 Å². The topological polar surface area (TPSA) is 50.5 Å². The van der Waals surface area contributed by atoms with Crippen LogP contribution in [0.25, 0.3) is 16.6 Å². The highest BCUT2D eigenvalue weighted by molar-refractivity contribution is 5.92. The smallest absolute Gasteiger partial charge is 0.222 e. The molecule has 1 aromatic carbocycles. The van der Waals surface area contributed by atoms with Crippen LogP contribution in [-0.2, 0) is 11.2 Å². The highest BCUT2D eigenvalue weighted by Gasteiger charge is 2.19. The maximum Gasteiger partial charge on any atom is 0.222 e. The fraction of sp³-hybridized carbons (Fsp3) is 0.476. The van der Waals surface area contributed by atoms with Gasteiger partial charge in [0, 0.05) is 36.3 Å². The molecule has 3 rings (SSSR count). The average Bonchev–Trinajstić information content (AvgIpc) is 3.01. The number of fused-ring (bicyclic) bond motifs is 3. The molecule has 26 heavy (non-hydrogen) atoms. The molecule has 2 heterocycles. The van der Waals surface area contributed by atoms with Gasteiger partial charge in [0.25, 0.3) is 0 Å². The molecule has 0 aliphatic carbocycles. The summed E-state index contributed by atoms with van der Waals surface area (Å²) in [6, 6.07) is 8.38. The summed E-state index contributed by atoms with van der Waals surface area (Å²) in [4.78, 5) is 19.3. The SMILES string of the molecule is CCC(CC)N(C)C(=O)CCc1c(C)nc2c3ccccc3nn2c1C. The van der Waals surface area contributed by atoms with E-state index in [1.165, 1.54) is 0 Å². The van der Waals surface area contributed by atoms with Crippen molar-refractivity contribution in [1.29, 1.82) is 0 Å². The number of amides is 1. The van der Waals surface area contributed by atoms with Crippen LogP contribution in [0.5, 0.6) is 0 Å². The second-order valence-corrected chi connectivity index (χ2v) is 6.99. The van der Waals surface area contributed by atoms with Gasteiger partial charge in [-0.1, -0.05) is 26.0 Å². The first kappa shape index (κ1) is 18.4. The van der Waals surface area contributed by atoms with Gasteiger partial charge in [-0.15, -0.1) is 0 Å². The van der Waals surface area contributed by atoms with Crippen LogP contribution in [0.4, 0.5) is 0 Å². The van der Waals surface area contributed by atoms with E-state index in [-0.39, 0.29) is 5.91 Å². The molecule has 5 heteroatoms. The summed E-state index contributed by atoms with van der Waals surface area (Å²) >= 11 is 0. The Labute approximate surface area is 155 Å². The monoisotopic (exact) mass is 352 g/mol. The minimum absolute atomic E-state index is 0.197. The summed E-state index contributed by atoms with van der Waals surface area (Å²) in [6.07, 6.45) is 3.18. The van der Waals surface area contributed by atoms with Gasteiger partial charge >= 0.3 is 0 Å². The van der Waals surface area contributed by atoms with Crippen molar-refractivity contribution in [3.05, 3.63) is 41.2 Å². The van der Waals surface area contributed by atoms with Crippen LogP contribution < -0.4 is 0 Å². The normalized spacial score (nSPS) is 11.6. The summed E-state index contributed by atoms with van der Waals surface area (Å²) in [6.45, 7) is 8.36. The van der Waals surface area contributed by atoms with E-state index in [4.69, 9.17) is 10.1 Å². The lowest BCUT2D eigenvalue weighted by Gasteiger charge is -2.26. The number of benzene rings is 1. The number of hydrogen-bond donors (Lipinski definition) is 0. The Morgan fingerprint density at radius 3 is 2.58 bits per heavy atom. The third kappa shape index (κ3) is 3.18. The molecule has 0 saturated carbocycles. The Morgan fingerprint density at radius 2 is 1.88 bits per heavy atom. The Bertz CT molecular complexity index is 940. The van der Waals surface area contributed by atoms with E-state index in [1.807, 2.05) is 41.6 Å².